The molecule has 104 valence electrons. The normalized spacial score (nSPS) is 18.0. The molecule has 0 amide bonds. The van der Waals surface area contributed by atoms with Crippen LogP contribution in [0.1, 0.15) is 18.4 Å². The lowest BCUT2D eigenvalue weighted by Gasteiger charge is -2.35. The summed E-state index contributed by atoms with van der Waals surface area (Å²) in [5.41, 5.74) is 5.58. The van der Waals surface area contributed by atoms with Crippen LogP contribution in [0.25, 0.3) is 0 Å². The number of thiocarbonyl (C=S) groups is 1. The third kappa shape index (κ3) is 3.62. The lowest BCUT2D eigenvalue weighted by Crippen LogP contribution is -2.46. The monoisotopic (exact) mass is 281 g/mol. The first-order valence-electron chi connectivity index (χ1n) is 6.27. The zero-order valence-corrected chi connectivity index (χ0v) is 11.8. The minimum atomic E-state index is -0.698. The van der Waals surface area contributed by atoms with Gasteiger partial charge in [0.25, 0.3) is 0 Å². The van der Waals surface area contributed by atoms with Gasteiger partial charge in [0.15, 0.2) is 0 Å². The molecule has 0 atom stereocenters. The van der Waals surface area contributed by atoms with Gasteiger partial charge in [-0.25, -0.2) is 4.98 Å². The van der Waals surface area contributed by atoms with Crippen LogP contribution >= 0.6 is 12.2 Å². The van der Waals surface area contributed by atoms with E-state index in [9.17, 15) is 5.11 Å². The van der Waals surface area contributed by atoms with E-state index < -0.39 is 5.60 Å². The first kappa shape index (κ1) is 14.2. The van der Waals surface area contributed by atoms with Crippen molar-refractivity contribution in [3.05, 3.63) is 23.9 Å². The second-order valence-electron chi connectivity index (χ2n) is 4.96. The number of likely N-dealkylation sites (N-methyl/N-ethyl adjacent to an activating group) is 1. The van der Waals surface area contributed by atoms with Crippen molar-refractivity contribution in [2.24, 2.45) is 5.73 Å². The molecule has 0 radical (unpaired) electrons. The van der Waals surface area contributed by atoms with Gasteiger partial charge in [0.2, 0.25) is 0 Å². The summed E-state index contributed by atoms with van der Waals surface area (Å²) in [6, 6.07) is 3.70. The van der Waals surface area contributed by atoms with Crippen molar-refractivity contribution in [1.29, 1.82) is 0 Å². The summed E-state index contributed by atoms with van der Waals surface area (Å²) in [6.07, 6.45) is 2.97. The third-order valence-corrected chi connectivity index (χ3v) is 3.61. The highest BCUT2D eigenvalue weighted by Crippen LogP contribution is 2.23. The van der Waals surface area contributed by atoms with E-state index in [1.165, 1.54) is 0 Å². The molecule has 1 saturated heterocycles. The number of aliphatic hydroxyl groups is 1. The molecule has 0 aliphatic carbocycles. The summed E-state index contributed by atoms with van der Waals surface area (Å²) in [5.74, 6) is 0.792. The largest absolute Gasteiger partial charge is 0.389 e. The Labute approximate surface area is 118 Å². The highest BCUT2D eigenvalue weighted by Gasteiger charge is 2.31. The van der Waals surface area contributed by atoms with Crippen LogP contribution in [-0.2, 0) is 4.74 Å². The van der Waals surface area contributed by atoms with E-state index in [2.05, 4.69) is 4.98 Å². The van der Waals surface area contributed by atoms with E-state index >= 15 is 0 Å². The van der Waals surface area contributed by atoms with Crippen LogP contribution in [0.5, 0.6) is 0 Å². The quantitative estimate of drug-likeness (QED) is 0.791. The Morgan fingerprint density at radius 3 is 2.74 bits per heavy atom. The standard InChI is InChI=1S/C13H19N3O2S/c1-16(9-13(17)4-6-18-7-5-13)11-3-2-10(8-15-11)12(14)19/h2-3,8,17H,4-7,9H2,1H3,(H2,14,19). The molecule has 1 aromatic heterocycles. The van der Waals surface area contributed by atoms with Gasteiger partial charge in [-0.05, 0) is 12.1 Å². The number of ether oxygens (including phenoxy) is 1. The van der Waals surface area contributed by atoms with Gasteiger partial charge < -0.3 is 20.5 Å². The summed E-state index contributed by atoms with van der Waals surface area (Å²) < 4.78 is 5.27. The Balaban J connectivity index is 2.02. The number of rotatable bonds is 4. The number of hydrogen-bond acceptors (Lipinski definition) is 5. The van der Waals surface area contributed by atoms with Gasteiger partial charge in [-0.3, -0.25) is 0 Å². The molecular weight excluding hydrogens is 262 g/mol. The number of aromatic nitrogens is 1. The summed E-state index contributed by atoms with van der Waals surface area (Å²) in [6.45, 7) is 1.76. The van der Waals surface area contributed by atoms with Gasteiger partial charge in [0.05, 0.1) is 5.60 Å². The van der Waals surface area contributed by atoms with Crippen molar-refractivity contribution >= 4 is 23.0 Å². The Kier molecular flexibility index (Phi) is 4.34. The van der Waals surface area contributed by atoms with Crippen molar-refractivity contribution < 1.29 is 9.84 Å². The number of nitrogens with zero attached hydrogens (tertiary/aromatic N) is 2. The summed E-state index contributed by atoms with van der Waals surface area (Å²) in [7, 11) is 1.91. The number of anilines is 1. The molecule has 0 saturated carbocycles. The van der Waals surface area contributed by atoms with Crippen molar-refractivity contribution in [3.8, 4) is 0 Å². The Morgan fingerprint density at radius 2 is 2.21 bits per heavy atom. The Bertz CT molecular complexity index is 444. The van der Waals surface area contributed by atoms with Crippen molar-refractivity contribution in [2.45, 2.75) is 18.4 Å². The molecule has 0 aromatic carbocycles. The zero-order valence-electron chi connectivity index (χ0n) is 11.0. The molecule has 2 rings (SSSR count). The molecule has 3 N–H and O–H groups in total. The van der Waals surface area contributed by atoms with Crippen LogP contribution in [0.3, 0.4) is 0 Å². The van der Waals surface area contributed by atoms with Gasteiger partial charge in [-0.1, -0.05) is 12.2 Å². The smallest absolute Gasteiger partial charge is 0.128 e. The minimum absolute atomic E-state index is 0.338. The van der Waals surface area contributed by atoms with Crippen molar-refractivity contribution in [3.63, 3.8) is 0 Å². The molecule has 1 aromatic rings. The van der Waals surface area contributed by atoms with E-state index in [1.54, 1.807) is 6.20 Å². The Morgan fingerprint density at radius 1 is 1.53 bits per heavy atom. The van der Waals surface area contributed by atoms with Crippen LogP contribution in [0.15, 0.2) is 18.3 Å². The molecule has 6 heteroatoms. The lowest BCUT2D eigenvalue weighted by atomic mass is 9.94. The molecule has 2 heterocycles. The SMILES string of the molecule is CN(CC1(O)CCOCC1)c1ccc(C(N)=S)cn1. The molecule has 19 heavy (non-hydrogen) atoms. The Hall–Kier alpha value is -1.24. The van der Waals surface area contributed by atoms with Crippen LogP contribution in [0.2, 0.25) is 0 Å². The van der Waals surface area contributed by atoms with Gasteiger partial charge in [0, 0.05) is 51.4 Å². The van der Waals surface area contributed by atoms with Gasteiger partial charge in [-0.2, -0.15) is 0 Å². The second kappa shape index (κ2) is 5.81. The zero-order chi connectivity index (χ0) is 13.9. The first-order chi connectivity index (χ1) is 9.00. The fourth-order valence-electron chi connectivity index (χ4n) is 2.19. The second-order valence-corrected chi connectivity index (χ2v) is 5.40. The molecule has 1 fully saturated rings. The first-order valence-corrected chi connectivity index (χ1v) is 6.68. The van der Waals surface area contributed by atoms with Gasteiger partial charge >= 0.3 is 0 Å². The minimum Gasteiger partial charge on any atom is -0.389 e. The summed E-state index contributed by atoms with van der Waals surface area (Å²) >= 11 is 4.89. The average molecular weight is 281 g/mol. The summed E-state index contributed by atoms with van der Waals surface area (Å²) in [4.78, 5) is 6.59. The van der Waals surface area contributed by atoms with Gasteiger partial charge in [-0.15, -0.1) is 0 Å². The molecule has 1 aliphatic heterocycles. The molecule has 0 bridgehead atoms. The van der Waals surface area contributed by atoms with E-state index in [4.69, 9.17) is 22.7 Å². The van der Waals surface area contributed by atoms with E-state index in [1.807, 2.05) is 24.1 Å². The number of hydrogen-bond donors (Lipinski definition) is 2. The third-order valence-electron chi connectivity index (χ3n) is 3.38. The maximum atomic E-state index is 10.5. The van der Waals surface area contributed by atoms with E-state index in [0.29, 0.717) is 37.6 Å². The maximum absolute atomic E-state index is 10.5. The topological polar surface area (TPSA) is 71.6 Å². The van der Waals surface area contributed by atoms with E-state index in [0.717, 1.165) is 11.4 Å². The lowest BCUT2D eigenvalue weighted by molar-refractivity contribution is -0.0573. The number of nitrogens with two attached hydrogens (primary N) is 1. The molecule has 0 spiro atoms. The van der Waals surface area contributed by atoms with Crippen LogP contribution in [0.4, 0.5) is 5.82 Å². The molecular formula is C13H19N3O2S. The van der Waals surface area contributed by atoms with Gasteiger partial charge in [0.1, 0.15) is 10.8 Å². The van der Waals surface area contributed by atoms with Crippen LogP contribution in [-0.4, -0.2) is 47.5 Å². The maximum Gasteiger partial charge on any atom is 0.128 e. The van der Waals surface area contributed by atoms with Crippen LogP contribution < -0.4 is 10.6 Å². The molecule has 1 aliphatic rings. The average Bonchev–Trinajstić information content (AvgIpc) is 2.39. The highest BCUT2D eigenvalue weighted by molar-refractivity contribution is 7.80. The highest BCUT2D eigenvalue weighted by atomic mass is 32.1. The predicted octanol–water partition coefficient (Wildman–Crippen LogP) is 0.693. The van der Waals surface area contributed by atoms with Crippen LogP contribution in [0, 0.1) is 0 Å². The molecule has 0 unspecified atom stereocenters. The summed E-state index contributed by atoms with van der Waals surface area (Å²) in [5, 5.41) is 10.5. The van der Waals surface area contributed by atoms with Crippen molar-refractivity contribution in [1.82, 2.24) is 4.98 Å². The van der Waals surface area contributed by atoms with Crippen molar-refractivity contribution in [2.75, 3.05) is 31.7 Å². The predicted molar refractivity (Wildman–Crippen MR) is 78.4 cm³/mol. The van der Waals surface area contributed by atoms with E-state index in [-0.39, 0.29) is 0 Å². The molecule has 5 nitrogen and oxygen atoms in total. The fraction of sp³-hybridized carbons (Fsp3) is 0.538. The fourth-order valence-corrected chi connectivity index (χ4v) is 2.31. The number of pyridine rings is 1.